The van der Waals surface area contributed by atoms with Crippen molar-refractivity contribution in [1.29, 1.82) is 0 Å². The molecular weight excluding hydrogens is 368 g/mol. The molecule has 0 aliphatic heterocycles. The lowest BCUT2D eigenvalue weighted by Crippen LogP contribution is -2.29. The van der Waals surface area contributed by atoms with Crippen LogP contribution < -0.4 is 15.4 Å². The van der Waals surface area contributed by atoms with E-state index in [1.54, 1.807) is 18.3 Å². The van der Waals surface area contributed by atoms with Crippen molar-refractivity contribution in [2.45, 2.75) is 37.8 Å². The van der Waals surface area contributed by atoms with Gasteiger partial charge in [-0.05, 0) is 49.9 Å². The minimum Gasteiger partial charge on any atom is -0.480 e. The minimum atomic E-state index is -0.284. The normalized spacial score (nSPS) is 19.0. The number of ether oxygens (including phenoxy) is 1. The molecule has 0 radical (unpaired) electrons. The molecule has 2 heterocycles. The number of aliphatic hydroxyl groups excluding tert-OH is 1. The molecule has 0 saturated heterocycles. The summed E-state index contributed by atoms with van der Waals surface area (Å²) in [7, 11) is 1.51. The summed E-state index contributed by atoms with van der Waals surface area (Å²) in [5, 5.41) is 17.0. The number of nitrogens with zero attached hydrogens (tertiary/aromatic N) is 2. The molecule has 1 aliphatic rings. The van der Waals surface area contributed by atoms with Gasteiger partial charge in [-0.1, -0.05) is 18.2 Å². The second-order valence-electron chi connectivity index (χ2n) is 7.24. The predicted octanol–water partition coefficient (Wildman–Crippen LogP) is 3.61. The van der Waals surface area contributed by atoms with Crippen molar-refractivity contribution in [2.75, 3.05) is 17.7 Å². The smallest absolute Gasteiger partial charge is 0.259 e. The molecule has 150 valence electrons. The number of amides is 1. The summed E-state index contributed by atoms with van der Waals surface area (Å²) in [6.45, 7) is 0. The van der Waals surface area contributed by atoms with Gasteiger partial charge < -0.3 is 20.5 Å². The van der Waals surface area contributed by atoms with E-state index < -0.39 is 0 Å². The van der Waals surface area contributed by atoms with Crippen LogP contribution in [0.15, 0.2) is 48.7 Å². The number of carbonyl (C=O) groups is 1. The number of carbonyl (C=O) groups excluding carboxylic acids is 1. The van der Waals surface area contributed by atoms with Gasteiger partial charge >= 0.3 is 0 Å². The van der Waals surface area contributed by atoms with Gasteiger partial charge in [-0.2, -0.15) is 0 Å². The number of para-hydroxylation sites is 1. The summed E-state index contributed by atoms with van der Waals surface area (Å²) < 4.78 is 5.23. The number of anilines is 2. The highest BCUT2D eigenvalue weighted by Crippen LogP contribution is 2.27. The molecule has 0 spiro atoms. The maximum atomic E-state index is 13.1. The first kappa shape index (κ1) is 19.1. The lowest BCUT2D eigenvalue weighted by molar-refractivity contribution is 0.102. The predicted molar refractivity (Wildman–Crippen MR) is 112 cm³/mol. The zero-order valence-corrected chi connectivity index (χ0v) is 16.3. The van der Waals surface area contributed by atoms with E-state index in [-0.39, 0.29) is 18.1 Å². The van der Waals surface area contributed by atoms with Gasteiger partial charge in [-0.3, -0.25) is 4.79 Å². The average molecular weight is 392 g/mol. The van der Waals surface area contributed by atoms with E-state index in [1.165, 1.54) is 7.11 Å². The molecule has 7 heteroatoms. The van der Waals surface area contributed by atoms with Gasteiger partial charge in [0.1, 0.15) is 11.5 Å². The van der Waals surface area contributed by atoms with Gasteiger partial charge in [0.15, 0.2) is 0 Å². The van der Waals surface area contributed by atoms with Crippen LogP contribution in [0.4, 0.5) is 11.5 Å². The molecular formula is C22H24N4O3. The van der Waals surface area contributed by atoms with Crippen LogP contribution in [-0.4, -0.2) is 40.2 Å². The molecule has 1 saturated carbocycles. The Morgan fingerprint density at radius 2 is 1.93 bits per heavy atom. The Morgan fingerprint density at radius 3 is 2.72 bits per heavy atom. The van der Waals surface area contributed by atoms with E-state index in [9.17, 15) is 9.90 Å². The van der Waals surface area contributed by atoms with Gasteiger partial charge in [-0.25, -0.2) is 9.97 Å². The third kappa shape index (κ3) is 4.30. The van der Waals surface area contributed by atoms with Crippen LogP contribution in [0.2, 0.25) is 0 Å². The second-order valence-corrected chi connectivity index (χ2v) is 7.24. The standard InChI is InChI=1S/C22H24N4O3/c1-29-22-19(7-4-12-23-22)26-21(28)17-13-14-5-2-3-6-18(14)25-20(17)24-15-8-10-16(27)11-9-15/h2-7,12-13,15-16,27H,8-11H2,1H3,(H,24,25)(H,26,28). The zero-order valence-electron chi connectivity index (χ0n) is 16.3. The molecule has 4 rings (SSSR count). The van der Waals surface area contributed by atoms with E-state index in [0.29, 0.717) is 22.9 Å². The van der Waals surface area contributed by atoms with Gasteiger partial charge in [0.2, 0.25) is 5.88 Å². The van der Waals surface area contributed by atoms with Crippen molar-refractivity contribution >= 4 is 28.3 Å². The monoisotopic (exact) mass is 392 g/mol. The number of aromatic nitrogens is 2. The third-order valence-corrected chi connectivity index (χ3v) is 5.22. The number of pyridine rings is 2. The van der Waals surface area contributed by atoms with Crippen molar-refractivity contribution in [3.8, 4) is 5.88 Å². The largest absolute Gasteiger partial charge is 0.480 e. The first-order valence-corrected chi connectivity index (χ1v) is 9.79. The van der Waals surface area contributed by atoms with Crippen molar-refractivity contribution in [2.24, 2.45) is 0 Å². The van der Waals surface area contributed by atoms with E-state index >= 15 is 0 Å². The van der Waals surface area contributed by atoms with Gasteiger partial charge in [-0.15, -0.1) is 0 Å². The Morgan fingerprint density at radius 1 is 1.14 bits per heavy atom. The molecule has 2 aromatic heterocycles. The molecule has 1 aromatic carbocycles. The Hall–Kier alpha value is -3.19. The number of methoxy groups -OCH3 is 1. The summed E-state index contributed by atoms with van der Waals surface area (Å²) in [4.78, 5) is 22.0. The summed E-state index contributed by atoms with van der Waals surface area (Å²) in [5.74, 6) is 0.615. The van der Waals surface area contributed by atoms with Crippen LogP contribution in [0.5, 0.6) is 5.88 Å². The van der Waals surface area contributed by atoms with Crippen LogP contribution in [0.3, 0.4) is 0 Å². The van der Waals surface area contributed by atoms with Crippen molar-refractivity contribution in [3.05, 3.63) is 54.2 Å². The quantitative estimate of drug-likeness (QED) is 0.614. The Kier molecular flexibility index (Phi) is 5.57. The van der Waals surface area contributed by atoms with Crippen molar-refractivity contribution in [1.82, 2.24) is 9.97 Å². The second kappa shape index (κ2) is 8.45. The minimum absolute atomic E-state index is 0.173. The number of fused-ring (bicyclic) bond motifs is 1. The highest BCUT2D eigenvalue weighted by atomic mass is 16.5. The highest BCUT2D eigenvalue weighted by Gasteiger charge is 2.23. The maximum Gasteiger partial charge on any atom is 0.259 e. The number of rotatable bonds is 5. The molecule has 1 aliphatic carbocycles. The zero-order chi connectivity index (χ0) is 20.2. The maximum absolute atomic E-state index is 13.1. The van der Waals surface area contributed by atoms with E-state index in [2.05, 4.69) is 15.6 Å². The average Bonchev–Trinajstić information content (AvgIpc) is 2.75. The SMILES string of the molecule is COc1ncccc1NC(=O)c1cc2ccccc2nc1NC1CCC(O)CC1. The van der Waals surface area contributed by atoms with Crippen molar-refractivity contribution < 1.29 is 14.6 Å². The first-order valence-electron chi connectivity index (χ1n) is 9.79. The molecule has 1 amide bonds. The summed E-state index contributed by atoms with van der Waals surface area (Å²) in [5.41, 5.74) is 1.78. The number of nitrogens with one attached hydrogen (secondary N) is 2. The van der Waals surface area contributed by atoms with E-state index in [1.807, 2.05) is 30.3 Å². The molecule has 3 aromatic rings. The van der Waals surface area contributed by atoms with Gasteiger partial charge in [0.25, 0.3) is 5.91 Å². The molecule has 0 bridgehead atoms. The van der Waals surface area contributed by atoms with Gasteiger partial charge in [0.05, 0.1) is 24.3 Å². The fourth-order valence-electron chi connectivity index (χ4n) is 3.65. The molecule has 0 atom stereocenters. The molecule has 0 unspecified atom stereocenters. The Balaban J connectivity index is 1.66. The third-order valence-electron chi connectivity index (χ3n) is 5.22. The lowest BCUT2D eigenvalue weighted by Gasteiger charge is -2.27. The topological polar surface area (TPSA) is 96.4 Å². The van der Waals surface area contributed by atoms with Crippen molar-refractivity contribution in [3.63, 3.8) is 0 Å². The van der Waals surface area contributed by atoms with Crippen LogP contribution >= 0.6 is 0 Å². The Bertz CT molecular complexity index is 1020. The molecule has 29 heavy (non-hydrogen) atoms. The molecule has 3 N–H and O–H groups in total. The fourth-order valence-corrected chi connectivity index (χ4v) is 3.65. The number of aliphatic hydroxyl groups is 1. The Labute approximate surface area is 169 Å². The van der Waals surface area contributed by atoms with Crippen LogP contribution in [0, 0.1) is 0 Å². The molecule has 7 nitrogen and oxygen atoms in total. The highest BCUT2D eigenvalue weighted by molar-refractivity contribution is 6.09. The summed E-state index contributed by atoms with van der Waals surface area (Å²) >= 11 is 0. The lowest BCUT2D eigenvalue weighted by atomic mass is 9.93. The number of hydrogen-bond acceptors (Lipinski definition) is 6. The van der Waals surface area contributed by atoms with E-state index in [0.717, 1.165) is 36.6 Å². The van der Waals surface area contributed by atoms with Crippen LogP contribution in [0.1, 0.15) is 36.0 Å². The van der Waals surface area contributed by atoms with Gasteiger partial charge in [0, 0.05) is 17.6 Å². The summed E-state index contributed by atoms with van der Waals surface area (Å²) in [6.07, 6.45) is 4.55. The first-order chi connectivity index (χ1) is 14.1. The van der Waals surface area contributed by atoms with Crippen LogP contribution in [0.25, 0.3) is 10.9 Å². The van der Waals surface area contributed by atoms with E-state index in [4.69, 9.17) is 9.72 Å². The number of benzene rings is 1. The van der Waals surface area contributed by atoms with Crippen LogP contribution in [-0.2, 0) is 0 Å². The fraction of sp³-hybridized carbons (Fsp3) is 0.318. The number of hydrogen-bond donors (Lipinski definition) is 3. The summed E-state index contributed by atoms with van der Waals surface area (Å²) in [6, 6.07) is 13.2. The molecule has 1 fully saturated rings.